The van der Waals surface area contributed by atoms with E-state index in [0.717, 1.165) is 28.0 Å². The first kappa shape index (κ1) is 17.5. The maximum Gasteiger partial charge on any atom is 0.152 e. The molecule has 0 bridgehead atoms. The number of rotatable bonds is 6. The molecule has 2 aromatic rings. The Hall–Kier alpha value is -2.85. The quantitative estimate of drug-likeness (QED) is 0.486. The van der Waals surface area contributed by atoms with E-state index in [2.05, 4.69) is 0 Å². The van der Waals surface area contributed by atoms with Crippen LogP contribution in [0, 0.1) is 0 Å². The summed E-state index contributed by atoms with van der Waals surface area (Å²) in [5.74, 6) is 6.22. The smallest absolute Gasteiger partial charge is 0.152 e. The molecule has 0 aromatic heterocycles. The minimum absolute atomic E-state index is 0.0371. The number of allylic oxidation sites excluding steroid dienone is 2. The van der Waals surface area contributed by atoms with E-state index in [0.29, 0.717) is 6.54 Å². The lowest BCUT2D eigenvalue weighted by Gasteiger charge is -2.22. The fourth-order valence-corrected chi connectivity index (χ4v) is 2.52. The Morgan fingerprint density at radius 3 is 2.12 bits per heavy atom. The average molecular weight is 321 g/mol. The summed E-state index contributed by atoms with van der Waals surface area (Å²) in [7, 11) is 0. The van der Waals surface area contributed by atoms with Gasteiger partial charge in [0.1, 0.15) is 0 Å². The van der Waals surface area contributed by atoms with Crippen LogP contribution in [-0.4, -0.2) is 10.8 Å². The van der Waals surface area contributed by atoms with Crippen LogP contribution in [0.15, 0.2) is 66.9 Å². The standard InChI is InChI=1S/C20H23N3O/c1-15(12-16(2)24)18-8-10-19(11-9-18)20(13-21)23(22)14-17-6-4-3-5-7-17/h3-13H,14,21-22H2,1-2H3/b15-12+,20-13-. The van der Waals surface area contributed by atoms with Crippen LogP contribution >= 0.6 is 0 Å². The molecule has 124 valence electrons. The van der Waals surface area contributed by atoms with Crippen LogP contribution in [0.3, 0.4) is 0 Å². The van der Waals surface area contributed by atoms with Crippen molar-refractivity contribution in [2.75, 3.05) is 0 Å². The van der Waals surface area contributed by atoms with Gasteiger partial charge in [-0.25, -0.2) is 5.84 Å². The zero-order valence-corrected chi connectivity index (χ0v) is 14.1. The number of hydrazine groups is 1. The minimum Gasteiger partial charge on any atom is -0.403 e. The molecule has 0 unspecified atom stereocenters. The molecule has 4 heteroatoms. The van der Waals surface area contributed by atoms with Gasteiger partial charge in [0.15, 0.2) is 5.78 Å². The largest absolute Gasteiger partial charge is 0.403 e. The number of ketones is 1. The molecule has 0 aliphatic carbocycles. The molecular weight excluding hydrogens is 298 g/mol. The number of nitrogens with two attached hydrogens (primary N) is 2. The molecule has 2 aromatic carbocycles. The summed E-state index contributed by atoms with van der Waals surface area (Å²) in [6.07, 6.45) is 3.13. The van der Waals surface area contributed by atoms with Crippen molar-refractivity contribution in [3.63, 3.8) is 0 Å². The first-order valence-electron chi connectivity index (χ1n) is 7.79. The topological polar surface area (TPSA) is 72.4 Å². The summed E-state index contributed by atoms with van der Waals surface area (Å²) in [4.78, 5) is 11.2. The van der Waals surface area contributed by atoms with Gasteiger partial charge >= 0.3 is 0 Å². The van der Waals surface area contributed by atoms with E-state index < -0.39 is 0 Å². The number of carbonyl (C=O) groups excluding carboxylic acids is 1. The van der Waals surface area contributed by atoms with Gasteiger partial charge in [-0.3, -0.25) is 4.79 Å². The second-order valence-corrected chi connectivity index (χ2v) is 5.68. The molecule has 0 aliphatic rings. The summed E-state index contributed by atoms with van der Waals surface area (Å²) >= 11 is 0. The van der Waals surface area contributed by atoms with Crippen molar-refractivity contribution in [3.05, 3.63) is 83.6 Å². The Balaban J connectivity index is 2.18. The molecule has 4 nitrogen and oxygen atoms in total. The van der Waals surface area contributed by atoms with Crippen LogP contribution in [0.25, 0.3) is 11.3 Å². The molecule has 0 heterocycles. The van der Waals surface area contributed by atoms with Gasteiger partial charge in [0.25, 0.3) is 0 Å². The van der Waals surface area contributed by atoms with Crippen molar-refractivity contribution in [1.82, 2.24) is 5.01 Å². The molecule has 0 radical (unpaired) electrons. The van der Waals surface area contributed by atoms with Gasteiger partial charge in [0.05, 0.1) is 12.2 Å². The van der Waals surface area contributed by atoms with Gasteiger partial charge in [-0.05, 0) is 36.6 Å². The van der Waals surface area contributed by atoms with Crippen LogP contribution in [0.1, 0.15) is 30.5 Å². The number of benzene rings is 2. The number of hydrogen-bond acceptors (Lipinski definition) is 4. The lowest BCUT2D eigenvalue weighted by atomic mass is 10.0. The van der Waals surface area contributed by atoms with Crippen LogP contribution in [0.5, 0.6) is 0 Å². The fourth-order valence-electron chi connectivity index (χ4n) is 2.52. The van der Waals surface area contributed by atoms with Crippen molar-refractivity contribution in [2.24, 2.45) is 11.6 Å². The van der Waals surface area contributed by atoms with Crippen LogP contribution in [-0.2, 0) is 11.3 Å². The predicted octanol–water partition coefficient (Wildman–Crippen LogP) is 3.31. The maximum absolute atomic E-state index is 11.2. The molecule has 0 spiro atoms. The fraction of sp³-hybridized carbons (Fsp3) is 0.150. The van der Waals surface area contributed by atoms with Crippen LogP contribution in [0.2, 0.25) is 0 Å². The number of hydrogen-bond donors (Lipinski definition) is 2. The number of carbonyl (C=O) groups is 1. The van der Waals surface area contributed by atoms with Crippen molar-refractivity contribution in [3.8, 4) is 0 Å². The van der Waals surface area contributed by atoms with E-state index in [4.69, 9.17) is 11.6 Å². The van der Waals surface area contributed by atoms with Gasteiger partial charge in [-0.2, -0.15) is 0 Å². The van der Waals surface area contributed by atoms with E-state index in [1.165, 1.54) is 6.20 Å². The summed E-state index contributed by atoms with van der Waals surface area (Å²) in [5.41, 5.74) is 10.5. The van der Waals surface area contributed by atoms with Gasteiger partial charge in [-0.1, -0.05) is 54.6 Å². The lowest BCUT2D eigenvalue weighted by Crippen LogP contribution is -2.29. The van der Waals surface area contributed by atoms with Crippen molar-refractivity contribution in [1.29, 1.82) is 0 Å². The molecule has 0 fully saturated rings. The summed E-state index contributed by atoms with van der Waals surface area (Å²) in [5, 5.41) is 1.63. The highest BCUT2D eigenvalue weighted by atomic mass is 16.1. The molecule has 0 saturated heterocycles. The molecule has 24 heavy (non-hydrogen) atoms. The van der Waals surface area contributed by atoms with E-state index in [1.54, 1.807) is 18.0 Å². The highest BCUT2D eigenvalue weighted by Gasteiger charge is 2.09. The SMILES string of the molecule is CC(=O)/C=C(\C)c1ccc(/C(=C/N)N(N)Cc2ccccc2)cc1. The molecule has 0 amide bonds. The normalized spacial score (nSPS) is 12.1. The summed E-state index contributed by atoms with van der Waals surface area (Å²) in [6, 6.07) is 17.8. The van der Waals surface area contributed by atoms with Gasteiger partial charge in [0.2, 0.25) is 0 Å². The highest BCUT2D eigenvalue weighted by molar-refractivity contribution is 5.94. The maximum atomic E-state index is 11.2. The average Bonchev–Trinajstić information content (AvgIpc) is 2.56. The molecule has 0 saturated carbocycles. The van der Waals surface area contributed by atoms with Gasteiger partial charge in [-0.15, -0.1) is 0 Å². The van der Waals surface area contributed by atoms with E-state index in [1.807, 2.05) is 61.5 Å². The Bertz CT molecular complexity index is 746. The molecule has 2 rings (SSSR count). The summed E-state index contributed by atoms with van der Waals surface area (Å²) in [6.45, 7) is 4.03. The molecule has 0 atom stereocenters. The third kappa shape index (κ3) is 4.57. The Morgan fingerprint density at radius 2 is 1.58 bits per heavy atom. The van der Waals surface area contributed by atoms with Crippen molar-refractivity contribution in [2.45, 2.75) is 20.4 Å². The third-order valence-corrected chi connectivity index (χ3v) is 3.72. The first-order valence-corrected chi connectivity index (χ1v) is 7.79. The van der Waals surface area contributed by atoms with Crippen molar-refractivity contribution >= 4 is 17.1 Å². The third-order valence-electron chi connectivity index (χ3n) is 3.72. The van der Waals surface area contributed by atoms with Gasteiger partial charge in [0, 0.05) is 11.8 Å². The summed E-state index contributed by atoms with van der Waals surface area (Å²) < 4.78 is 0. The Kier molecular flexibility index (Phi) is 5.93. The Labute approximate surface area is 143 Å². The second kappa shape index (κ2) is 8.13. The minimum atomic E-state index is 0.0371. The number of nitrogens with zero attached hydrogens (tertiary/aromatic N) is 1. The second-order valence-electron chi connectivity index (χ2n) is 5.68. The molecule has 0 aliphatic heterocycles. The monoisotopic (exact) mass is 321 g/mol. The zero-order valence-electron chi connectivity index (χ0n) is 14.1. The molecule has 4 N–H and O–H groups in total. The Morgan fingerprint density at radius 1 is 1.00 bits per heavy atom. The van der Waals surface area contributed by atoms with E-state index in [-0.39, 0.29) is 5.78 Å². The zero-order chi connectivity index (χ0) is 17.5. The molecular formula is C20H23N3O. The van der Waals surface area contributed by atoms with Crippen LogP contribution < -0.4 is 11.6 Å². The highest BCUT2D eigenvalue weighted by Crippen LogP contribution is 2.21. The predicted molar refractivity (Wildman–Crippen MR) is 99.1 cm³/mol. The van der Waals surface area contributed by atoms with Gasteiger partial charge < -0.3 is 10.7 Å². The van der Waals surface area contributed by atoms with E-state index >= 15 is 0 Å². The van der Waals surface area contributed by atoms with Crippen molar-refractivity contribution < 1.29 is 4.79 Å². The lowest BCUT2D eigenvalue weighted by molar-refractivity contribution is -0.112. The first-order chi connectivity index (χ1) is 11.5. The van der Waals surface area contributed by atoms with E-state index in [9.17, 15) is 4.79 Å². The van der Waals surface area contributed by atoms with Crippen LogP contribution in [0.4, 0.5) is 0 Å².